The summed E-state index contributed by atoms with van der Waals surface area (Å²) >= 11 is 0. The van der Waals surface area contributed by atoms with Crippen molar-refractivity contribution in [3.63, 3.8) is 0 Å². The summed E-state index contributed by atoms with van der Waals surface area (Å²) in [5.74, 6) is -0.379. The topological polar surface area (TPSA) is 84.7 Å². The van der Waals surface area contributed by atoms with Crippen LogP contribution in [0.15, 0.2) is 24.3 Å². The Kier molecular flexibility index (Phi) is 5.74. The van der Waals surface area contributed by atoms with Crippen molar-refractivity contribution in [2.45, 2.75) is 33.0 Å². The van der Waals surface area contributed by atoms with Gasteiger partial charge in [-0.3, -0.25) is 9.59 Å². The molecule has 0 saturated carbocycles. The molecule has 1 heterocycles. The molecule has 3 unspecified atom stereocenters. The first-order chi connectivity index (χ1) is 10.9. The van der Waals surface area contributed by atoms with Gasteiger partial charge in [0.2, 0.25) is 5.91 Å². The quantitative estimate of drug-likeness (QED) is 0.880. The monoisotopic (exact) mass is 319 g/mol. The fraction of sp³-hybridized carbons (Fsp3) is 0.529. The molecule has 0 aromatic heterocycles. The van der Waals surface area contributed by atoms with Gasteiger partial charge in [-0.25, -0.2) is 0 Å². The number of nitrogens with two attached hydrogens (primary N) is 1. The number of rotatable bonds is 4. The Morgan fingerprint density at radius 1 is 1.26 bits per heavy atom. The van der Waals surface area contributed by atoms with Gasteiger partial charge >= 0.3 is 0 Å². The number of carbonyl (C=O) groups is 2. The summed E-state index contributed by atoms with van der Waals surface area (Å²) in [4.78, 5) is 26.2. The largest absolute Gasteiger partial charge is 0.372 e. The fourth-order valence-corrected chi connectivity index (χ4v) is 2.59. The van der Waals surface area contributed by atoms with Crippen LogP contribution in [0.2, 0.25) is 0 Å². The lowest BCUT2D eigenvalue weighted by molar-refractivity contribution is -0.119. The minimum atomic E-state index is -0.243. The van der Waals surface area contributed by atoms with Gasteiger partial charge in [-0.05, 0) is 38.1 Å². The zero-order valence-corrected chi connectivity index (χ0v) is 13.9. The van der Waals surface area contributed by atoms with Gasteiger partial charge in [-0.1, -0.05) is 6.92 Å². The normalized spacial score (nSPS) is 22.5. The molecule has 3 atom stereocenters. The second kappa shape index (κ2) is 7.57. The van der Waals surface area contributed by atoms with Crippen LogP contribution in [-0.2, 0) is 9.53 Å². The van der Waals surface area contributed by atoms with Crippen molar-refractivity contribution < 1.29 is 14.3 Å². The van der Waals surface area contributed by atoms with E-state index in [0.717, 1.165) is 0 Å². The van der Waals surface area contributed by atoms with Gasteiger partial charge < -0.3 is 20.7 Å². The van der Waals surface area contributed by atoms with Gasteiger partial charge in [0.1, 0.15) is 0 Å². The molecule has 1 aromatic rings. The number of amides is 2. The molecule has 23 heavy (non-hydrogen) atoms. The Hall–Kier alpha value is -1.92. The van der Waals surface area contributed by atoms with E-state index in [2.05, 4.69) is 5.32 Å². The molecule has 6 heteroatoms. The molecule has 0 aliphatic carbocycles. The maximum atomic E-state index is 12.5. The molecule has 2 rings (SSSR count). The van der Waals surface area contributed by atoms with Crippen LogP contribution >= 0.6 is 0 Å². The zero-order valence-electron chi connectivity index (χ0n) is 13.9. The smallest absolute Gasteiger partial charge is 0.254 e. The third-order valence-electron chi connectivity index (χ3n) is 3.91. The molecular weight excluding hydrogens is 294 g/mol. The number of benzene rings is 1. The highest BCUT2D eigenvalue weighted by atomic mass is 16.5. The lowest BCUT2D eigenvalue weighted by Crippen LogP contribution is -2.48. The summed E-state index contributed by atoms with van der Waals surface area (Å²) in [6.45, 7) is 7.19. The van der Waals surface area contributed by atoms with Crippen molar-refractivity contribution in [2.24, 2.45) is 11.7 Å². The van der Waals surface area contributed by atoms with Crippen LogP contribution in [-0.4, -0.2) is 48.6 Å². The van der Waals surface area contributed by atoms with E-state index in [9.17, 15) is 9.59 Å². The Morgan fingerprint density at radius 3 is 2.35 bits per heavy atom. The summed E-state index contributed by atoms with van der Waals surface area (Å²) in [7, 11) is 0. The first kappa shape index (κ1) is 17.4. The van der Waals surface area contributed by atoms with Crippen LogP contribution in [0.5, 0.6) is 0 Å². The number of carbonyl (C=O) groups excluding carboxylic acids is 2. The number of nitrogens with one attached hydrogen (secondary N) is 1. The zero-order chi connectivity index (χ0) is 17.0. The third kappa shape index (κ3) is 4.53. The van der Waals surface area contributed by atoms with Crippen LogP contribution < -0.4 is 11.1 Å². The molecular formula is C17H25N3O3. The Bertz CT molecular complexity index is 549. The molecule has 126 valence electrons. The predicted molar refractivity (Wildman–Crippen MR) is 89.2 cm³/mol. The highest BCUT2D eigenvalue weighted by Gasteiger charge is 2.26. The first-order valence-corrected chi connectivity index (χ1v) is 7.96. The van der Waals surface area contributed by atoms with E-state index in [0.29, 0.717) is 30.9 Å². The molecule has 0 spiro atoms. The second-order valence-corrected chi connectivity index (χ2v) is 6.17. The Morgan fingerprint density at radius 2 is 1.83 bits per heavy atom. The summed E-state index contributed by atoms with van der Waals surface area (Å²) < 4.78 is 5.65. The van der Waals surface area contributed by atoms with Crippen LogP contribution in [0, 0.1) is 5.92 Å². The molecule has 6 nitrogen and oxygen atoms in total. The summed E-state index contributed by atoms with van der Waals surface area (Å²) in [5.41, 5.74) is 6.74. The number of hydrogen-bond acceptors (Lipinski definition) is 4. The lowest BCUT2D eigenvalue weighted by Gasteiger charge is -2.35. The average Bonchev–Trinajstić information content (AvgIpc) is 2.53. The van der Waals surface area contributed by atoms with Gasteiger partial charge in [-0.2, -0.15) is 0 Å². The molecule has 1 aliphatic heterocycles. The fourth-order valence-electron chi connectivity index (χ4n) is 2.59. The first-order valence-electron chi connectivity index (χ1n) is 7.96. The van der Waals surface area contributed by atoms with E-state index in [4.69, 9.17) is 10.5 Å². The van der Waals surface area contributed by atoms with E-state index in [1.54, 1.807) is 31.2 Å². The third-order valence-corrected chi connectivity index (χ3v) is 3.91. The number of nitrogens with zero attached hydrogens (tertiary/aromatic N) is 1. The van der Waals surface area contributed by atoms with Crippen LogP contribution in [0.3, 0.4) is 0 Å². The van der Waals surface area contributed by atoms with Crippen LogP contribution in [0.25, 0.3) is 0 Å². The maximum Gasteiger partial charge on any atom is 0.254 e. The molecule has 0 radical (unpaired) electrons. The van der Waals surface area contributed by atoms with Crippen molar-refractivity contribution in [1.82, 2.24) is 4.90 Å². The number of hydrogen-bond donors (Lipinski definition) is 2. The SMILES string of the molecule is CC1CN(C(=O)c2ccc(NC(=O)C(C)CN)cc2)CC(C)O1. The van der Waals surface area contributed by atoms with Crippen LogP contribution in [0.1, 0.15) is 31.1 Å². The Labute approximate surface area is 137 Å². The molecule has 1 aromatic carbocycles. The summed E-state index contributed by atoms with van der Waals surface area (Å²) in [6.07, 6.45) is 0.0815. The number of ether oxygens (including phenoxy) is 1. The highest BCUT2D eigenvalue weighted by molar-refractivity contribution is 5.96. The van der Waals surface area contributed by atoms with Crippen molar-refractivity contribution >= 4 is 17.5 Å². The van der Waals surface area contributed by atoms with Crippen molar-refractivity contribution in [3.8, 4) is 0 Å². The number of anilines is 1. The van der Waals surface area contributed by atoms with Gasteiger partial charge in [-0.15, -0.1) is 0 Å². The molecule has 2 amide bonds. The minimum Gasteiger partial charge on any atom is -0.372 e. The van der Waals surface area contributed by atoms with Gasteiger partial charge in [0, 0.05) is 36.8 Å². The van der Waals surface area contributed by atoms with E-state index in [-0.39, 0.29) is 29.9 Å². The van der Waals surface area contributed by atoms with Gasteiger partial charge in [0.25, 0.3) is 5.91 Å². The highest BCUT2D eigenvalue weighted by Crippen LogP contribution is 2.16. The second-order valence-electron chi connectivity index (χ2n) is 6.17. The van der Waals surface area contributed by atoms with E-state index in [1.165, 1.54) is 0 Å². The van der Waals surface area contributed by atoms with Gasteiger partial charge in [0.05, 0.1) is 12.2 Å². The summed E-state index contributed by atoms with van der Waals surface area (Å²) in [5, 5.41) is 2.79. The van der Waals surface area contributed by atoms with Gasteiger partial charge in [0.15, 0.2) is 0 Å². The van der Waals surface area contributed by atoms with E-state index in [1.807, 2.05) is 18.7 Å². The molecule has 1 aliphatic rings. The minimum absolute atomic E-state index is 0.0137. The summed E-state index contributed by atoms with van der Waals surface area (Å²) in [6, 6.07) is 6.94. The van der Waals surface area contributed by atoms with Crippen molar-refractivity contribution in [3.05, 3.63) is 29.8 Å². The molecule has 1 saturated heterocycles. The average molecular weight is 319 g/mol. The number of morpholine rings is 1. The molecule has 1 fully saturated rings. The van der Waals surface area contributed by atoms with E-state index < -0.39 is 0 Å². The Balaban J connectivity index is 2.01. The van der Waals surface area contributed by atoms with Crippen molar-refractivity contribution in [1.29, 1.82) is 0 Å². The van der Waals surface area contributed by atoms with Crippen molar-refractivity contribution in [2.75, 3.05) is 25.0 Å². The van der Waals surface area contributed by atoms with E-state index >= 15 is 0 Å². The molecule has 0 bridgehead atoms. The maximum absolute atomic E-state index is 12.5. The van der Waals surface area contributed by atoms with Crippen LogP contribution in [0.4, 0.5) is 5.69 Å². The predicted octanol–water partition coefficient (Wildman–Crippen LogP) is 1.47. The lowest BCUT2D eigenvalue weighted by atomic mass is 10.1. The molecule has 3 N–H and O–H groups in total. The standard InChI is InChI=1S/C17H25N3O3/c1-11(8-18)16(21)19-15-6-4-14(5-7-15)17(22)20-9-12(2)23-13(3)10-20/h4-7,11-13H,8-10,18H2,1-3H3,(H,19,21).